The third kappa shape index (κ3) is 3.94. The van der Waals surface area contributed by atoms with Crippen molar-refractivity contribution in [2.75, 3.05) is 26.0 Å². The zero-order chi connectivity index (χ0) is 18.5. The van der Waals surface area contributed by atoms with Crippen LogP contribution in [0.15, 0.2) is 35.5 Å². The number of ether oxygens (including phenoxy) is 1. The van der Waals surface area contributed by atoms with Crippen LogP contribution in [0.2, 0.25) is 0 Å². The molecule has 3 amide bonds. The number of rotatable bonds is 6. The van der Waals surface area contributed by atoms with E-state index in [2.05, 4.69) is 20.8 Å². The summed E-state index contributed by atoms with van der Waals surface area (Å²) < 4.78 is 6.74. The summed E-state index contributed by atoms with van der Waals surface area (Å²) in [5.74, 6) is -0.348. The van der Waals surface area contributed by atoms with Gasteiger partial charge >= 0.3 is 6.03 Å². The molecule has 2 heterocycles. The number of pyridine rings is 1. The molecule has 0 bridgehead atoms. The molecule has 0 spiro atoms. The Balaban J connectivity index is 1.71. The van der Waals surface area contributed by atoms with Crippen LogP contribution in [-0.4, -0.2) is 52.6 Å². The Kier molecular flexibility index (Phi) is 5.69. The van der Waals surface area contributed by atoms with Crippen LogP contribution in [0.1, 0.15) is 5.56 Å². The van der Waals surface area contributed by atoms with Gasteiger partial charge in [0, 0.05) is 19.0 Å². The maximum absolute atomic E-state index is 12.0. The zero-order valence-electron chi connectivity index (χ0n) is 14.5. The van der Waals surface area contributed by atoms with Gasteiger partial charge in [-0.25, -0.2) is 4.79 Å². The van der Waals surface area contributed by atoms with Crippen LogP contribution in [0.25, 0.3) is 16.6 Å². The van der Waals surface area contributed by atoms with E-state index >= 15 is 0 Å². The van der Waals surface area contributed by atoms with Crippen LogP contribution in [0.5, 0.6) is 0 Å². The highest BCUT2D eigenvalue weighted by molar-refractivity contribution is 7.99. The molecule has 2 N–H and O–H groups in total. The Bertz CT molecular complexity index is 956. The quantitative estimate of drug-likeness (QED) is 0.505. The number of thioether (sulfide) groups is 1. The maximum Gasteiger partial charge on any atom is 0.321 e. The summed E-state index contributed by atoms with van der Waals surface area (Å²) in [6, 6.07) is 9.38. The molecule has 136 valence electrons. The minimum Gasteiger partial charge on any atom is -0.383 e. The first-order valence-electron chi connectivity index (χ1n) is 8.03. The Morgan fingerprint density at radius 1 is 1.27 bits per heavy atom. The number of fused-ring (bicyclic) bond motifs is 3. The number of nitrogens with one attached hydrogen (secondary N) is 2. The van der Waals surface area contributed by atoms with Crippen molar-refractivity contribution in [2.24, 2.45) is 0 Å². The van der Waals surface area contributed by atoms with E-state index < -0.39 is 11.9 Å². The molecule has 3 rings (SSSR count). The highest BCUT2D eigenvalue weighted by atomic mass is 32.2. The van der Waals surface area contributed by atoms with E-state index in [0.29, 0.717) is 18.3 Å². The molecule has 0 aliphatic carbocycles. The van der Waals surface area contributed by atoms with Gasteiger partial charge in [-0.3, -0.25) is 14.5 Å². The van der Waals surface area contributed by atoms with E-state index in [0.717, 1.165) is 22.1 Å². The number of para-hydroxylation sites is 1. The molecule has 0 atom stereocenters. The largest absolute Gasteiger partial charge is 0.383 e. The van der Waals surface area contributed by atoms with Gasteiger partial charge in [-0.15, -0.1) is 10.2 Å². The lowest BCUT2D eigenvalue weighted by atomic mass is 10.1. The van der Waals surface area contributed by atoms with E-state index in [9.17, 15) is 9.59 Å². The molecule has 0 fully saturated rings. The summed E-state index contributed by atoms with van der Waals surface area (Å²) in [4.78, 5) is 23.5. The molecular weight excluding hydrogens is 354 g/mol. The number of imide groups is 1. The Labute approximate surface area is 154 Å². The molecule has 0 unspecified atom stereocenters. The molecule has 0 saturated heterocycles. The molecule has 0 aliphatic rings. The van der Waals surface area contributed by atoms with Gasteiger partial charge in [0.15, 0.2) is 10.8 Å². The minimum atomic E-state index is -0.542. The van der Waals surface area contributed by atoms with Gasteiger partial charge in [0.05, 0.1) is 17.9 Å². The van der Waals surface area contributed by atoms with Crippen molar-refractivity contribution >= 4 is 40.3 Å². The summed E-state index contributed by atoms with van der Waals surface area (Å²) in [6.45, 7) is 2.75. The normalized spacial score (nSPS) is 11.0. The number of hydrogen-bond acceptors (Lipinski definition) is 6. The number of aryl methyl sites for hydroxylation is 1. The van der Waals surface area contributed by atoms with E-state index in [-0.39, 0.29) is 5.75 Å². The lowest BCUT2D eigenvalue weighted by Crippen LogP contribution is -2.41. The van der Waals surface area contributed by atoms with Crippen LogP contribution < -0.4 is 10.6 Å². The number of urea groups is 1. The molecule has 0 aliphatic heterocycles. The zero-order valence-corrected chi connectivity index (χ0v) is 15.3. The standard InChI is InChI=1S/C17H19N5O3S/c1-11-9-14-20-21-17(22(14)13-6-4-3-5-12(11)13)26-10-15(23)19-16(24)18-7-8-25-2/h3-6,9H,7-8,10H2,1-2H3,(H2,18,19,23,24). The molecule has 9 heteroatoms. The molecular formula is C17H19N5O3S. The first-order valence-corrected chi connectivity index (χ1v) is 9.01. The first kappa shape index (κ1) is 18.2. The second-order valence-electron chi connectivity index (χ2n) is 5.61. The predicted octanol–water partition coefficient (Wildman–Crippen LogP) is 1.76. The van der Waals surface area contributed by atoms with Gasteiger partial charge < -0.3 is 10.1 Å². The molecule has 0 radical (unpaired) electrons. The third-order valence-corrected chi connectivity index (χ3v) is 4.68. The predicted molar refractivity (Wildman–Crippen MR) is 99.4 cm³/mol. The minimum absolute atomic E-state index is 0.0562. The van der Waals surface area contributed by atoms with Crippen molar-refractivity contribution in [3.63, 3.8) is 0 Å². The number of hydrogen-bond donors (Lipinski definition) is 2. The number of amides is 3. The van der Waals surface area contributed by atoms with Gasteiger partial charge in [0.2, 0.25) is 5.91 Å². The Hall–Kier alpha value is -2.65. The van der Waals surface area contributed by atoms with Crippen molar-refractivity contribution in [3.8, 4) is 0 Å². The number of methoxy groups -OCH3 is 1. The second-order valence-corrected chi connectivity index (χ2v) is 6.55. The maximum atomic E-state index is 12.0. The fourth-order valence-corrected chi connectivity index (χ4v) is 3.32. The van der Waals surface area contributed by atoms with Crippen molar-refractivity contribution in [1.82, 2.24) is 25.2 Å². The topological polar surface area (TPSA) is 97.6 Å². The molecule has 8 nitrogen and oxygen atoms in total. The van der Waals surface area contributed by atoms with Crippen molar-refractivity contribution in [2.45, 2.75) is 12.1 Å². The number of aromatic nitrogens is 3. The average Bonchev–Trinajstić information content (AvgIpc) is 3.03. The Morgan fingerprint density at radius 3 is 2.88 bits per heavy atom. The molecule has 1 aromatic carbocycles. The number of carbonyl (C=O) groups is 2. The van der Waals surface area contributed by atoms with Gasteiger partial charge in [-0.1, -0.05) is 30.0 Å². The number of carbonyl (C=O) groups excluding carboxylic acids is 2. The summed E-state index contributed by atoms with van der Waals surface area (Å²) in [5, 5.41) is 14.9. The van der Waals surface area contributed by atoms with Crippen molar-refractivity contribution in [3.05, 3.63) is 35.9 Å². The first-order chi connectivity index (χ1) is 12.6. The van der Waals surface area contributed by atoms with Gasteiger partial charge in [-0.05, 0) is 24.6 Å². The van der Waals surface area contributed by atoms with Gasteiger partial charge in [0.25, 0.3) is 0 Å². The smallest absolute Gasteiger partial charge is 0.321 e. The van der Waals surface area contributed by atoms with Crippen molar-refractivity contribution in [1.29, 1.82) is 0 Å². The van der Waals surface area contributed by atoms with Crippen LogP contribution >= 0.6 is 11.8 Å². The number of benzene rings is 1. The lowest BCUT2D eigenvalue weighted by Gasteiger charge is -2.08. The van der Waals surface area contributed by atoms with Gasteiger partial charge in [0.1, 0.15) is 0 Å². The van der Waals surface area contributed by atoms with Crippen LogP contribution in [0.4, 0.5) is 4.79 Å². The highest BCUT2D eigenvalue weighted by Crippen LogP contribution is 2.25. The SMILES string of the molecule is COCCNC(=O)NC(=O)CSc1nnc2cc(C)c3ccccc3n12. The van der Waals surface area contributed by atoms with E-state index in [4.69, 9.17) is 4.74 Å². The average molecular weight is 373 g/mol. The lowest BCUT2D eigenvalue weighted by molar-refractivity contribution is -0.117. The number of nitrogens with zero attached hydrogens (tertiary/aromatic N) is 3. The van der Waals surface area contributed by atoms with Gasteiger partial charge in [-0.2, -0.15) is 0 Å². The summed E-state index contributed by atoms with van der Waals surface area (Å²) in [5.41, 5.74) is 2.82. The monoisotopic (exact) mass is 373 g/mol. The van der Waals surface area contributed by atoms with Crippen LogP contribution in [-0.2, 0) is 9.53 Å². The van der Waals surface area contributed by atoms with E-state index in [1.165, 1.54) is 18.9 Å². The fraction of sp³-hybridized carbons (Fsp3) is 0.294. The molecule has 0 saturated carbocycles. The Morgan fingerprint density at radius 2 is 2.08 bits per heavy atom. The highest BCUT2D eigenvalue weighted by Gasteiger charge is 2.14. The van der Waals surface area contributed by atoms with E-state index in [1.807, 2.05) is 41.7 Å². The van der Waals surface area contributed by atoms with E-state index in [1.54, 1.807) is 0 Å². The molecule has 3 aromatic rings. The fourth-order valence-electron chi connectivity index (χ4n) is 2.57. The van der Waals surface area contributed by atoms with Crippen molar-refractivity contribution < 1.29 is 14.3 Å². The molecule has 2 aromatic heterocycles. The van der Waals surface area contributed by atoms with Crippen LogP contribution in [0.3, 0.4) is 0 Å². The summed E-state index contributed by atoms with van der Waals surface area (Å²) >= 11 is 1.23. The second kappa shape index (κ2) is 8.15. The van der Waals surface area contributed by atoms with Crippen LogP contribution in [0, 0.1) is 6.92 Å². The summed E-state index contributed by atoms with van der Waals surface area (Å²) in [7, 11) is 1.54. The molecule has 26 heavy (non-hydrogen) atoms. The third-order valence-electron chi connectivity index (χ3n) is 3.75. The summed E-state index contributed by atoms with van der Waals surface area (Å²) in [6.07, 6.45) is 0.